The summed E-state index contributed by atoms with van der Waals surface area (Å²) in [6.07, 6.45) is 6.34. The van der Waals surface area contributed by atoms with Gasteiger partial charge < -0.3 is 0 Å². The summed E-state index contributed by atoms with van der Waals surface area (Å²) in [5, 5.41) is 0. The highest BCUT2D eigenvalue weighted by molar-refractivity contribution is 5.10. The van der Waals surface area contributed by atoms with E-state index in [2.05, 4.69) is 6.92 Å². The van der Waals surface area contributed by atoms with E-state index in [0.29, 0.717) is 0 Å². The first-order chi connectivity index (χ1) is 4.28. The van der Waals surface area contributed by atoms with Crippen molar-refractivity contribution in [2.24, 2.45) is 23.2 Å². The molecule has 0 aromatic carbocycles. The summed E-state index contributed by atoms with van der Waals surface area (Å²) in [4.78, 5) is 0. The molecule has 0 aromatic heterocycles. The van der Waals surface area contributed by atoms with Gasteiger partial charge in [-0.1, -0.05) is 6.92 Å². The monoisotopic (exact) mass is 122 g/mol. The maximum atomic E-state index is 2.49. The molecule has 3 aliphatic rings. The van der Waals surface area contributed by atoms with Crippen molar-refractivity contribution in [3.05, 3.63) is 0 Å². The highest BCUT2D eigenvalue weighted by Crippen LogP contribution is 2.69. The van der Waals surface area contributed by atoms with E-state index in [-0.39, 0.29) is 0 Å². The number of fused-ring (bicyclic) bond motifs is 2. The average molecular weight is 122 g/mol. The number of hydrogen-bond donors (Lipinski definition) is 0. The largest absolute Gasteiger partial charge is 0.0594 e. The maximum Gasteiger partial charge on any atom is -0.0292 e. The maximum absolute atomic E-state index is 2.49. The second-order valence-corrected chi connectivity index (χ2v) is 4.75. The fourth-order valence-electron chi connectivity index (χ4n) is 2.94. The van der Waals surface area contributed by atoms with Gasteiger partial charge in [0.2, 0.25) is 0 Å². The van der Waals surface area contributed by atoms with E-state index in [9.17, 15) is 0 Å². The van der Waals surface area contributed by atoms with Crippen molar-refractivity contribution >= 4 is 0 Å². The van der Waals surface area contributed by atoms with Crippen LogP contribution in [0.1, 0.15) is 32.6 Å². The molecule has 3 rings (SSSR count). The van der Waals surface area contributed by atoms with Crippen LogP contribution < -0.4 is 0 Å². The van der Waals surface area contributed by atoms with Crippen LogP contribution >= 0.6 is 0 Å². The van der Waals surface area contributed by atoms with Crippen LogP contribution in [0.25, 0.3) is 0 Å². The van der Waals surface area contributed by atoms with Crippen LogP contribution in [0.4, 0.5) is 0 Å². The molecule has 0 amide bonds. The van der Waals surface area contributed by atoms with E-state index in [1.165, 1.54) is 17.8 Å². The Kier molecular flexibility index (Phi) is 0.574. The Morgan fingerprint density at radius 1 is 1.11 bits per heavy atom. The van der Waals surface area contributed by atoms with Crippen molar-refractivity contribution in [3.8, 4) is 0 Å². The van der Waals surface area contributed by atoms with Crippen molar-refractivity contribution in [2.75, 3.05) is 0 Å². The van der Waals surface area contributed by atoms with E-state index in [0.717, 1.165) is 5.41 Å². The zero-order valence-corrected chi connectivity index (χ0v) is 6.06. The standard InChI is InChI=1S/C9H14/c1-9-4-7-2-6(7)3-8(9)5-9/h6-8H,2-5H2,1H3. The number of hydrogen-bond acceptors (Lipinski definition) is 0. The molecule has 0 bridgehead atoms. The second-order valence-electron chi connectivity index (χ2n) is 4.75. The molecule has 0 heteroatoms. The first-order valence-electron chi connectivity index (χ1n) is 4.28. The van der Waals surface area contributed by atoms with Gasteiger partial charge >= 0.3 is 0 Å². The predicted molar refractivity (Wildman–Crippen MR) is 37.0 cm³/mol. The minimum Gasteiger partial charge on any atom is -0.0594 e. The van der Waals surface area contributed by atoms with Crippen LogP contribution in [0.15, 0.2) is 0 Å². The molecule has 4 unspecified atom stereocenters. The lowest BCUT2D eigenvalue weighted by Crippen LogP contribution is -2.06. The lowest BCUT2D eigenvalue weighted by atomic mass is 9.90. The Bertz CT molecular complexity index is 161. The summed E-state index contributed by atoms with van der Waals surface area (Å²) in [6, 6.07) is 0. The summed E-state index contributed by atoms with van der Waals surface area (Å²) >= 11 is 0. The predicted octanol–water partition coefficient (Wildman–Crippen LogP) is 2.44. The topological polar surface area (TPSA) is 0 Å². The molecule has 50 valence electrons. The van der Waals surface area contributed by atoms with Gasteiger partial charge in [-0.3, -0.25) is 0 Å². The Labute approximate surface area is 56.6 Å². The first kappa shape index (κ1) is 4.76. The van der Waals surface area contributed by atoms with Gasteiger partial charge in [0.25, 0.3) is 0 Å². The van der Waals surface area contributed by atoms with Crippen LogP contribution in [0.2, 0.25) is 0 Å². The SMILES string of the molecule is CC12CC3CC3CC1C2. The summed E-state index contributed by atoms with van der Waals surface area (Å²) in [5.41, 5.74) is 0.859. The minimum atomic E-state index is 0.859. The van der Waals surface area contributed by atoms with Gasteiger partial charge in [-0.05, 0) is 48.9 Å². The molecule has 0 nitrogen and oxygen atoms in total. The third kappa shape index (κ3) is 0.500. The van der Waals surface area contributed by atoms with Crippen LogP contribution in [0, 0.1) is 23.2 Å². The molecular weight excluding hydrogens is 108 g/mol. The van der Waals surface area contributed by atoms with Gasteiger partial charge in [-0.25, -0.2) is 0 Å². The molecule has 0 aliphatic heterocycles. The second kappa shape index (κ2) is 1.09. The van der Waals surface area contributed by atoms with E-state index in [4.69, 9.17) is 0 Å². The van der Waals surface area contributed by atoms with E-state index in [1.54, 1.807) is 25.7 Å². The Morgan fingerprint density at radius 2 is 2.00 bits per heavy atom. The van der Waals surface area contributed by atoms with Crippen molar-refractivity contribution in [1.29, 1.82) is 0 Å². The Balaban J connectivity index is 1.87. The molecule has 0 aromatic rings. The number of rotatable bonds is 0. The quantitative estimate of drug-likeness (QED) is 0.463. The molecule has 0 spiro atoms. The molecule has 3 aliphatic carbocycles. The average Bonchev–Trinajstić information content (AvgIpc) is 2.52. The molecular formula is C9H14. The van der Waals surface area contributed by atoms with Gasteiger partial charge in [0.15, 0.2) is 0 Å². The molecule has 0 saturated heterocycles. The summed E-state index contributed by atoms with van der Waals surface area (Å²) in [7, 11) is 0. The van der Waals surface area contributed by atoms with Crippen LogP contribution in [-0.2, 0) is 0 Å². The molecule has 3 saturated carbocycles. The fourth-order valence-corrected chi connectivity index (χ4v) is 2.94. The molecule has 9 heavy (non-hydrogen) atoms. The Hall–Kier alpha value is 0. The third-order valence-corrected chi connectivity index (χ3v) is 3.92. The molecule has 0 radical (unpaired) electrons. The van der Waals surface area contributed by atoms with Gasteiger partial charge in [-0.15, -0.1) is 0 Å². The molecule has 3 fully saturated rings. The van der Waals surface area contributed by atoms with E-state index in [1.807, 2.05) is 0 Å². The van der Waals surface area contributed by atoms with Crippen molar-refractivity contribution < 1.29 is 0 Å². The van der Waals surface area contributed by atoms with Crippen LogP contribution in [-0.4, -0.2) is 0 Å². The third-order valence-electron chi connectivity index (χ3n) is 3.92. The van der Waals surface area contributed by atoms with Crippen molar-refractivity contribution in [3.63, 3.8) is 0 Å². The highest BCUT2D eigenvalue weighted by Gasteiger charge is 2.60. The molecule has 0 heterocycles. The van der Waals surface area contributed by atoms with Gasteiger partial charge in [0, 0.05) is 0 Å². The van der Waals surface area contributed by atoms with Gasteiger partial charge in [0.05, 0.1) is 0 Å². The first-order valence-corrected chi connectivity index (χ1v) is 4.28. The molecule has 4 atom stereocenters. The zero-order chi connectivity index (χ0) is 6.06. The summed E-state index contributed by atoms with van der Waals surface area (Å²) in [5.74, 6) is 3.56. The smallest absolute Gasteiger partial charge is 0.0292 e. The lowest BCUT2D eigenvalue weighted by Gasteiger charge is -2.15. The van der Waals surface area contributed by atoms with Gasteiger partial charge in [-0.2, -0.15) is 0 Å². The zero-order valence-electron chi connectivity index (χ0n) is 6.06. The van der Waals surface area contributed by atoms with E-state index < -0.39 is 0 Å². The molecule has 0 N–H and O–H groups in total. The van der Waals surface area contributed by atoms with E-state index >= 15 is 0 Å². The van der Waals surface area contributed by atoms with Crippen LogP contribution in [0.3, 0.4) is 0 Å². The lowest BCUT2D eigenvalue weighted by molar-refractivity contribution is 0.350. The Morgan fingerprint density at radius 3 is 2.78 bits per heavy atom. The normalized spacial score (nSPS) is 68.3. The summed E-state index contributed by atoms with van der Waals surface area (Å²) < 4.78 is 0. The highest BCUT2D eigenvalue weighted by atomic mass is 14.6. The van der Waals surface area contributed by atoms with Crippen LogP contribution in [0.5, 0.6) is 0 Å². The minimum absolute atomic E-state index is 0.859. The summed E-state index contributed by atoms with van der Waals surface area (Å²) in [6.45, 7) is 2.49. The van der Waals surface area contributed by atoms with Gasteiger partial charge in [0.1, 0.15) is 0 Å². The fraction of sp³-hybridized carbons (Fsp3) is 1.00. The van der Waals surface area contributed by atoms with Crippen molar-refractivity contribution in [1.82, 2.24) is 0 Å². The van der Waals surface area contributed by atoms with Crippen molar-refractivity contribution in [2.45, 2.75) is 32.6 Å².